The Hall–Kier alpha value is -0.660. The quantitative estimate of drug-likeness (QED) is 0.801. The second-order valence-electron chi connectivity index (χ2n) is 4.98. The van der Waals surface area contributed by atoms with E-state index in [4.69, 9.17) is 14.6 Å². The van der Waals surface area contributed by atoms with Crippen LogP contribution in [0.4, 0.5) is 0 Å². The molecule has 0 aromatic carbocycles. The van der Waals surface area contributed by atoms with E-state index in [0.717, 1.165) is 6.42 Å². The number of carboxylic acid groups (broad SMARTS) is 1. The fourth-order valence-corrected chi connectivity index (χ4v) is 4.30. The van der Waals surface area contributed by atoms with E-state index in [-0.39, 0.29) is 30.5 Å². The summed E-state index contributed by atoms with van der Waals surface area (Å²) in [5, 5.41) is 8.64. The Morgan fingerprint density at radius 1 is 1.39 bits per heavy atom. The van der Waals surface area contributed by atoms with Gasteiger partial charge in [-0.05, 0) is 18.8 Å². The molecule has 104 valence electrons. The van der Waals surface area contributed by atoms with E-state index in [1.165, 1.54) is 0 Å². The van der Waals surface area contributed by atoms with Gasteiger partial charge in [0.05, 0.1) is 30.6 Å². The maximum absolute atomic E-state index is 11.5. The van der Waals surface area contributed by atoms with E-state index < -0.39 is 28.2 Å². The van der Waals surface area contributed by atoms with E-state index in [0.29, 0.717) is 12.8 Å². The largest absolute Gasteiger partial charge is 0.481 e. The van der Waals surface area contributed by atoms with Gasteiger partial charge in [-0.1, -0.05) is 0 Å². The van der Waals surface area contributed by atoms with Gasteiger partial charge < -0.3 is 14.6 Å². The van der Waals surface area contributed by atoms with Gasteiger partial charge in [0.15, 0.2) is 16.1 Å². The van der Waals surface area contributed by atoms with Crippen LogP contribution in [0.5, 0.6) is 0 Å². The van der Waals surface area contributed by atoms with Crippen molar-refractivity contribution < 1.29 is 27.8 Å². The topological polar surface area (TPSA) is 89.9 Å². The van der Waals surface area contributed by atoms with E-state index in [2.05, 4.69) is 0 Å². The fourth-order valence-electron chi connectivity index (χ4n) is 2.51. The number of aliphatic carboxylic acids is 1. The Labute approximate surface area is 106 Å². The molecule has 3 unspecified atom stereocenters. The van der Waals surface area contributed by atoms with Crippen molar-refractivity contribution in [3.05, 3.63) is 0 Å². The normalized spacial score (nSPS) is 35.4. The van der Waals surface area contributed by atoms with Gasteiger partial charge in [-0.3, -0.25) is 4.79 Å². The average molecular weight is 278 g/mol. The lowest BCUT2D eigenvalue weighted by Crippen LogP contribution is -2.28. The summed E-state index contributed by atoms with van der Waals surface area (Å²) in [4.78, 5) is 10.5. The van der Waals surface area contributed by atoms with Crippen LogP contribution in [0.2, 0.25) is 0 Å². The highest BCUT2D eigenvalue weighted by atomic mass is 32.2. The first-order valence-electron chi connectivity index (χ1n) is 6.14. The van der Waals surface area contributed by atoms with Crippen molar-refractivity contribution in [2.24, 2.45) is 5.92 Å². The molecule has 2 heterocycles. The van der Waals surface area contributed by atoms with Crippen LogP contribution in [0, 0.1) is 5.92 Å². The molecule has 0 amide bonds. The molecule has 7 heteroatoms. The Kier molecular flexibility index (Phi) is 4.24. The molecule has 6 nitrogen and oxygen atoms in total. The highest BCUT2D eigenvalue weighted by Gasteiger charge is 2.32. The minimum absolute atomic E-state index is 0.0670. The molecule has 0 bridgehead atoms. The van der Waals surface area contributed by atoms with Crippen LogP contribution >= 0.6 is 0 Å². The summed E-state index contributed by atoms with van der Waals surface area (Å²) in [5.74, 6) is -0.376. The monoisotopic (exact) mass is 278 g/mol. The number of ether oxygens (including phenoxy) is 2. The summed E-state index contributed by atoms with van der Waals surface area (Å²) in [6.45, 7) is 0.274. The second-order valence-corrected chi connectivity index (χ2v) is 7.21. The van der Waals surface area contributed by atoms with Crippen molar-refractivity contribution in [1.29, 1.82) is 0 Å². The third-order valence-corrected chi connectivity index (χ3v) is 5.19. The summed E-state index contributed by atoms with van der Waals surface area (Å²) >= 11 is 0. The second kappa shape index (κ2) is 5.54. The molecule has 1 N–H and O–H groups in total. The molecule has 2 aliphatic heterocycles. The van der Waals surface area contributed by atoms with Crippen LogP contribution < -0.4 is 0 Å². The number of carbonyl (C=O) groups is 1. The smallest absolute Gasteiger partial charge is 0.306 e. The Morgan fingerprint density at radius 2 is 2.17 bits per heavy atom. The third-order valence-electron chi connectivity index (χ3n) is 3.30. The zero-order valence-corrected chi connectivity index (χ0v) is 10.9. The summed E-state index contributed by atoms with van der Waals surface area (Å²) in [6, 6.07) is 0. The maximum atomic E-state index is 11.5. The Balaban J connectivity index is 1.79. The Bertz CT molecular complexity index is 404. The van der Waals surface area contributed by atoms with Crippen LogP contribution in [0.1, 0.15) is 25.7 Å². The summed E-state index contributed by atoms with van der Waals surface area (Å²) < 4.78 is 33.8. The van der Waals surface area contributed by atoms with Crippen molar-refractivity contribution in [3.63, 3.8) is 0 Å². The van der Waals surface area contributed by atoms with Gasteiger partial charge in [-0.25, -0.2) is 8.42 Å². The van der Waals surface area contributed by atoms with Crippen molar-refractivity contribution in [1.82, 2.24) is 0 Å². The molecule has 3 atom stereocenters. The van der Waals surface area contributed by atoms with Gasteiger partial charge in [0.1, 0.15) is 0 Å². The summed E-state index contributed by atoms with van der Waals surface area (Å²) in [5.41, 5.74) is 0. The molecule has 0 saturated carbocycles. The van der Waals surface area contributed by atoms with Crippen molar-refractivity contribution in [3.8, 4) is 0 Å². The first-order chi connectivity index (χ1) is 8.44. The lowest BCUT2D eigenvalue weighted by molar-refractivity contribution is -0.140. The van der Waals surface area contributed by atoms with Gasteiger partial charge in [0, 0.05) is 6.42 Å². The molecular formula is C11H18O6S. The lowest BCUT2D eigenvalue weighted by Gasteiger charge is -2.23. The zero-order valence-electron chi connectivity index (χ0n) is 10.1. The van der Waals surface area contributed by atoms with Crippen molar-refractivity contribution >= 4 is 15.8 Å². The molecule has 18 heavy (non-hydrogen) atoms. The van der Waals surface area contributed by atoms with Gasteiger partial charge in [-0.2, -0.15) is 0 Å². The molecule has 2 saturated heterocycles. The predicted octanol–water partition coefficient (Wildman–Crippen LogP) is 0.418. The van der Waals surface area contributed by atoms with Crippen LogP contribution in [-0.2, 0) is 24.1 Å². The SMILES string of the molecule is O=C(O)CC1COC(CC2CCCS(=O)(=O)C2)O1. The fraction of sp³-hybridized carbons (Fsp3) is 0.909. The summed E-state index contributed by atoms with van der Waals surface area (Å²) in [7, 11) is -2.91. The molecule has 0 aromatic rings. The first kappa shape index (κ1) is 13.8. The van der Waals surface area contributed by atoms with Gasteiger partial charge >= 0.3 is 5.97 Å². The van der Waals surface area contributed by atoms with Crippen molar-refractivity contribution in [2.45, 2.75) is 38.1 Å². The lowest BCUT2D eigenvalue weighted by atomic mass is 10.0. The Morgan fingerprint density at radius 3 is 2.83 bits per heavy atom. The molecule has 0 radical (unpaired) electrons. The highest BCUT2D eigenvalue weighted by Crippen LogP contribution is 2.27. The first-order valence-corrected chi connectivity index (χ1v) is 7.96. The molecule has 0 aliphatic carbocycles. The van der Waals surface area contributed by atoms with E-state index in [9.17, 15) is 13.2 Å². The number of carboxylic acids is 1. The summed E-state index contributed by atoms with van der Waals surface area (Å²) in [6.07, 6.45) is 1.17. The molecule has 2 aliphatic rings. The molecular weight excluding hydrogens is 260 g/mol. The minimum atomic E-state index is -2.91. The molecule has 2 fully saturated rings. The van der Waals surface area contributed by atoms with Crippen LogP contribution in [0.15, 0.2) is 0 Å². The van der Waals surface area contributed by atoms with Crippen LogP contribution in [0.3, 0.4) is 0 Å². The van der Waals surface area contributed by atoms with Crippen LogP contribution in [-0.4, -0.2) is 50.0 Å². The van der Waals surface area contributed by atoms with Gasteiger partial charge in [0.2, 0.25) is 0 Å². The van der Waals surface area contributed by atoms with Gasteiger partial charge in [0.25, 0.3) is 0 Å². The maximum Gasteiger partial charge on any atom is 0.306 e. The minimum Gasteiger partial charge on any atom is -0.481 e. The van der Waals surface area contributed by atoms with E-state index in [1.807, 2.05) is 0 Å². The number of sulfone groups is 1. The predicted molar refractivity (Wildman–Crippen MR) is 62.9 cm³/mol. The number of rotatable bonds is 4. The van der Waals surface area contributed by atoms with Crippen molar-refractivity contribution in [2.75, 3.05) is 18.1 Å². The molecule has 0 aromatic heterocycles. The molecule has 0 spiro atoms. The third kappa shape index (κ3) is 3.93. The number of hydrogen-bond donors (Lipinski definition) is 1. The van der Waals surface area contributed by atoms with Crippen LogP contribution in [0.25, 0.3) is 0 Å². The van der Waals surface area contributed by atoms with E-state index >= 15 is 0 Å². The van der Waals surface area contributed by atoms with Gasteiger partial charge in [-0.15, -0.1) is 0 Å². The highest BCUT2D eigenvalue weighted by molar-refractivity contribution is 7.91. The standard InChI is InChI=1S/C11H18O6S/c12-10(13)5-9-6-16-11(17-9)4-8-2-1-3-18(14,15)7-8/h8-9,11H,1-7H2,(H,12,13). The molecule has 2 rings (SSSR count). The average Bonchev–Trinajstić information content (AvgIpc) is 2.62. The van der Waals surface area contributed by atoms with E-state index in [1.54, 1.807) is 0 Å². The zero-order chi connectivity index (χ0) is 13.2. The number of hydrogen-bond acceptors (Lipinski definition) is 5.